The van der Waals surface area contributed by atoms with Crippen LogP contribution in [-0.2, 0) is 5.60 Å². The Balaban J connectivity index is 0.00000147. The smallest absolute Gasteiger partial charge is 0.166 e. The molecular weight excluding hydrogens is 361 g/mol. The van der Waals surface area contributed by atoms with Crippen LogP contribution in [0.2, 0.25) is 0 Å². The van der Waals surface area contributed by atoms with Gasteiger partial charge in [-0.2, -0.15) is 0 Å². The third kappa shape index (κ3) is 2.06. The Morgan fingerprint density at radius 1 is 1.20 bits per heavy atom. The molecule has 0 saturated carbocycles. The first-order chi connectivity index (χ1) is 8.88. The Morgan fingerprint density at radius 3 is 2.35 bits per heavy atom. The van der Waals surface area contributed by atoms with Crippen LogP contribution in [-0.4, -0.2) is 29.7 Å². The van der Waals surface area contributed by atoms with E-state index in [0.717, 1.165) is 41.7 Å². The number of hydrogen-bond acceptors (Lipinski definition) is 1. The first-order valence-electron chi connectivity index (χ1n) is 7.22. The van der Waals surface area contributed by atoms with Gasteiger partial charge >= 0.3 is 0 Å². The van der Waals surface area contributed by atoms with E-state index in [2.05, 4.69) is 45.7 Å². The Morgan fingerprint density at radius 2 is 1.80 bits per heavy atom. The molecule has 20 heavy (non-hydrogen) atoms. The zero-order valence-electron chi connectivity index (χ0n) is 12.6. The zero-order chi connectivity index (χ0) is 13.8. The highest BCUT2D eigenvalue weighted by molar-refractivity contribution is 14.0. The third-order valence-corrected chi connectivity index (χ3v) is 5.57. The van der Waals surface area contributed by atoms with Gasteiger partial charge < -0.3 is 5.11 Å². The molecule has 1 aromatic rings. The summed E-state index contributed by atoms with van der Waals surface area (Å²) in [5.74, 6) is 0.335. The average molecular weight is 386 g/mol. The fourth-order valence-corrected chi connectivity index (χ4v) is 3.85. The molecule has 3 aliphatic heterocycles. The molecule has 2 bridgehead atoms. The topological polar surface area (TPSA) is 20.2 Å². The summed E-state index contributed by atoms with van der Waals surface area (Å²) in [6, 6.07) is 6.35. The number of quaternary nitrogens is 1. The second-order valence-electron chi connectivity index (χ2n) is 6.63. The molecule has 3 aliphatic rings. The van der Waals surface area contributed by atoms with E-state index in [1.165, 1.54) is 11.1 Å². The Hall–Kier alpha value is -0.390. The van der Waals surface area contributed by atoms with Crippen LogP contribution in [0.4, 0.5) is 0 Å². The summed E-state index contributed by atoms with van der Waals surface area (Å²) in [4.78, 5) is 0. The number of fused-ring (bicyclic) bond motifs is 3. The van der Waals surface area contributed by atoms with Crippen molar-refractivity contribution in [3.63, 3.8) is 0 Å². The number of likely N-dealkylation sites (N-methyl/N-ethyl adjacent to an activating group) is 1. The molecule has 0 aromatic heterocycles. The Kier molecular flexibility index (Phi) is 4.08. The van der Waals surface area contributed by atoms with Gasteiger partial charge in [0.05, 0.1) is 20.1 Å². The van der Waals surface area contributed by atoms with Crippen LogP contribution in [0, 0.1) is 19.8 Å². The molecule has 3 saturated heterocycles. The Labute approximate surface area is 139 Å². The largest absolute Gasteiger partial charge is 0.375 e. The summed E-state index contributed by atoms with van der Waals surface area (Å²) in [5.41, 5.74) is 3.72. The molecule has 0 aliphatic carbocycles. The lowest BCUT2D eigenvalue weighted by Crippen LogP contribution is -2.63. The molecule has 1 N–H and O–H groups in total. The van der Waals surface area contributed by atoms with Crippen molar-refractivity contribution in [1.29, 1.82) is 0 Å². The highest BCUT2D eigenvalue weighted by atomic mass is 127. The van der Waals surface area contributed by atoms with Crippen molar-refractivity contribution in [3.05, 3.63) is 47.2 Å². The second-order valence-corrected chi connectivity index (χ2v) is 6.63. The normalized spacial score (nSPS) is 35.8. The van der Waals surface area contributed by atoms with Gasteiger partial charge in [-0.1, -0.05) is 18.2 Å². The summed E-state index contributed by atoms with van der Waals surface area (Å²) in [6.45, 7) is 10.7. The monoisotopic (exact) mass is 386 g/mol. The predicted molar refractivity (Wildman–Crippen MR) is 93.0 cm³/mol. The van der Waals surface area contributed by atoms with Gasteiger partial charge in [0.25, 0.3) is 0 Å². The van der Waals surface area contributed by atoms with Crippen molar-refractivity contribution in [3.8, 4) is 0 Å². The number of nitrogens with zero attached hydrogens (tertiary/aromatic N) is 1. The number of aliphatic hydroxyl groups is 1. The van der Waals surface area contributed by atoms with Crippen molar-refractivity contribution in [2.75, 3.05) is 20.1 Å². The van der Waals surface area contributed by atoms with E-state index in [1.54, 1.807) is 0 Å². The highest BCUT2D eigenvalue weighted by Crippen LogP contribution is 2.51. The molecule has 3 fully saturated rings. The first-order valence-corrected chi connectivity index (χ1v) is 7.22. The lowest BCUT2D eigenvalue weighted by atomic mass is 9.68. The van der Waals surface area contributed by atoms with E-state index >= 15 is 0 Å². The number of benzene rings is 1. The van der Waals surface area contributed by atoms with E-state index in [-0.39, 0.29) is 24.0 Å². The fourth-order valence-electron chi connectivity index (χ4n) is 3.85. The molecule has 1 atom stereocenters. The van der Waals surface area contributed by atoms with Crippen molar-refractivity contribution in [2.45, 2.75) is 32.3 Å². The van der Waals surface area contributed by atoms with E-state index in [0.29, 0.717) is 5.92 Å². The van der Waals surface area contributed by atoms with Gasteiger partial charge in [0.15, 0.2) is 5.60 Å². The standard InChI is InChI=1S/C17H24NO.HI/c1-12-5-6-16(11-13(12)2)17(19)14(3)18(4)9-7-15(17)8-10-18;/h5-6,11,15,19H,3,7-10H2,1-2,4H3;1H/q+1;. The average Bonchev–Trinajstić information content (AvgIpc) is 2.39. The number of halogens is 1. The summed E-state index contributed by atoms with van der Waals surface area (Å²) >= 11 is 0. The molecule has 3 heterocycles. The van der Waals surface area contributed by atoms with Crippen molar-refractivity contribution in [1.82, 2.24) is 0 Å². The molecule has 3 heteroatoms. The summed E-state index contributed by atoms with van der Waals surface area (Å²) < 4.78 is 0.833. The summed E-state index contributed by atoms with van der Waals surface area (Å²) in [7, 11) is 2.21. The molecule has 4 rings (SSSR count). The Bertz CT molecular complexity index is 546. The number of rotatable bonds is 1. The van der Waals surface area contributed by atoms with Crippen LogP contribution in [0.3, 0.4) is 0 Å². The van der Waals surface area contributed by atoms with Gasteiger partial charge in [0, 0.05) is 18.8 Å². The van der Waals surface area contributed by atoms with Gasteiger partial charge in [0.2, 0.25) is 0 Å². The lowest BCUT2D eigenvalue weighted by Gasteiger charge is -2.55. The van der Waals surface area contributed by atoms with Crippen LogP contribution in [0.25, 0.3) is 0 Å². The fraction of sp³-hybridized carbons (Fsp3) is 0.529. The van der Waals surface area contributed by atoms with Gasteiger partial charge in [-0.25, -0.2) is 0 Å². The van der Waals surface area contributed by atoms with E-state index in [4.69, 9.17) is 0 Å². The third-order valence-electron chi connectivity index (χ3n) is 5.57. The van der Waals surface area contributed by atoms with Gasteiger partial charge in [-0.3, -0.25) is 4.48 Å². The van der Waals surface area contributed by atoms with Crippen LogP contribution < -0.4 is 0 Å². The highest BCUT2D eigenvalue weighted by Gasteiger charge is 2.57. The van der Waals surface area contributed by atoms with E-state index < -0.39 is 5.60 Å². The minimum absolute atomic E-state index is 0. The molecule has 1 aromatic carbocycles. The summed E-state index contributed by atoms with van der Waals surface area (Å²) in [6.07, 6.45) is 2.19. The van der Waals surface area contributed by atoms with Crippen molar-refractivity contribution >= 4 is 24.0 Å². The van der Waals surface area contributed by atoms with E-state index in [9.17, 15) is 5.11 Å². The number of aryl methyl sites for hydroxylation is 2. The van der Waals surface area contributed by atoms with Crippen molar-refractivity contribution < 1.29 is 9.59 Å². The second kappa shape index (κ2) is 5.11. The van der Waals surface area contributed by atoms with Crippen LogP contribution in [0.15, 0.2) is 30.5 Å². The molecule has 0 amide bonds. The summed E-state index contributed by atoms with van der Waals surface area (Å²) in [5, 5.41) is 11.4. The minimum Gasteiger partial charge on any atom is -0.375 e. The first kappa shape index (κ1) is 16.0. The maximum atomic E-state index is 11.4. The van der Waals surface area contributed by atoms with Crippen LogP contribution in [0.5, 0.6) is 0 Å². The molecule has 0 spiro atoms. The van der Waals surface area contributed by atoms with Gasteiger partial charge in [0.1, 0.15) is 5.70 Å². The molecule has 110 valence electrons. The van der Waals surface area contributed by atoms with Gasteiger partial charge in [-0.15, -0.1) is 24.0 Å². The van der Waals surface area contributed by atoms with Crippen LogP contribution >= 0.6 is 24.0 Å². The quantitative estimate of drug-likeness (QED) is 0.579. The van der Waals surface area contributed by atoms with Crippen LogP contribution in [0.1, 0.15) is 29.5 Å². The van der Waals surface area contributed by atoms with E-state index in [1.807, 2.05) is 0 Å². The maximum Gasteiger partial charge on any atom is 0.166 e. The SMILES string of the molecule is C=C1C(O)(c2ccc(C)c(C)c2)C2CC[N+]1(C)CC2.I. The molecular formula is C17H25INO+. The lowest BCUT2D eigenvalue weighted by molar-refractivity contribution is -0.896. The predicted octanol–water partition coefficient (Wildman–Crippen LogP) is 3.49. The minimum atomic E-state index is -0.830. The number of hydrogen-bond donors (Lipinski definition) is 1. The zero-order valence-corrected chi connectivity index (χ0v) is 15.0. The number of piperidine rings is 3. The van der Waals surface area contributed by atoms with Crippen molar-refractivity contribution in [2.24, 2.45) is 5.92 Å². The van der Waals surface area contributed by atoms with Gasteiger partial charge in [-0.05, 0) is 37.1 Å². The maximum absolute atomic E-state index is 11.4. The molecule has 2 nitrogen and oxygen atoms in total. The molecule has 1 unspecified atom stereocenters. The molecule has 0 radical (unpaired) electrons.